The van der Waals surface area contributed by atoms with Gasteiger partial charge in [0.25, 0.3) is 5.91 Å². The lowest BCUT2D eigenvalue weighted by molar-refractivity contribution is -0.115. The van der Waals surface area contributed by atoms with Gasteiger partial charge < -0.3 is 5.32 Å². The molecule has 8 heteroatoms. The fourth-order valence-electron chi connectivity index (χ4n) is 3.12. The van der Waals surface area contributed by atoms with Crippen molar-refractivity contribution >= 4 is 46.7 Å². The number of hydrogen-bond donors (Lipinski definition) is 3. The molecule has 0 saturated carbocycles. The average Bonchev–Trinajstić information content (AvgIpc) is 2.81. The van der Waals surface area contributed by atoms with E-state index in [4.69, 9.17) is 0 Å². The third-order valence-electron chi connectivity index (χ3n) is 4.67. The van der Waals surface area contributed by atoms with Crippen LogP contribution < -0.4 is 21.1 Å². The van der Waals surface area contributed by atoms with Gasteiger partial charge >= 0.3 is 6.03 Å². The van der Waals surface area contributed by atoms with Crippen LogP contribution in [0.15, 0.2) is 82.6 Å². The van der Waals surface area contributed by atoms with Crippen molar-refractivity contribution in [2.75, 3.05) is 10.2 Å². The van der Waals surface area contributed by atoms with Crippen molar-refractivity contribution in [2.45, 2.75) is 23.1 Å². The Morgan fingerprint density at radius 3 is 1.97 bits per heavy atom. The van der Waals surface area contributed by atoms with Crippen LogP contribution in [0.4, 0.5) is 21.9 Å². The number of carbonyl (C=O) groups excluding carboxylic acids is 3. The summed E-state index contributed by atoms with van der Waals surface area (Å²) < 4.78 is 0. The number of benzene rings is 3. The van der Waals surface area contributed by atoms with Crippen molar-refractivity contribution in [3.63, 3.8) is 0 Å². The van der Waals surface area contributed by atoms with Crippen LogP contribution in [-0.4, -0.2) is 17.8 Å². The first kappa shape index (κ1) is 20.5. The second kappa shape index (κ2) is 8.93. The predicted octanol–water partition coefficient (Wildman–Crippen LogP) is 4.69. The minimum absolute atomic E-state index is 0.107. The Balaban J connectivity index is 1.47. The van der Waals surface area contributed by atoms with E-state index in [2.05, 4.69) is 16.2 Å². The van der Waals surface area contributed by atoms with E-state index in [1.54, 1.807) is 47.9 Å². The molecule has 1 aliphatic rings. The van der Waals surface area contributed by atoms with Gasteiger partial charge in [-0.1, -0.05) is 43.0 Å². The number of fused-ring (bicyclic) bond motifs is 2. The van der Waals surface area contributed by atoms with Crippen LogP contribution in [0.5, 0.6) is 0 Å². The highest BCUT2D eigenvalue weighted by molar-refractivity contribution is 7.99. The predicted molar refractivity (Wildman–Crippen MR) is 121 cm³/mol. The van der Waals surface area contributed by atoms with Crippen molar-refractivity contribution in [3.05, 3.63) is 78.4 Å². The van der Waals surface area contributed by atoms with Crippen LogP contribution in [0.2, 0.25) is 0 Å². The molecule has 31 heavy (non-hydrogen) atoms. The first-order chi connectivity index (χ1) is 15.1. The number of amides is 4. The molecule has 3 N–H and O–H groups in total. The minimum Gasteiger partial charge on any atom is -0.326 e. The van der Waals surface area contributed by atoms with Crippen LogP contribution in [0.25, 0.3) is 0 Å². The molecule has 0 spiro atoms. The molecule has 0 aromatic heterocycles. The summed E-state index contributed by atoms with van der Waals surface area (Å²) in [4.78, 5) is 40.4. The maximum Gasteiger partial charge on any atom is 0.345 e. The van der Waals surface area contributed by atoms with Gasteiger partial charge in [-0.05, 0) is 48.5 Å². The lowest BCUT2D eigenvalue weighted by Crippen LogP contribution is -2.48. The fraction of sp³-hybridized carbons (Fsp3) is 0.0870. The molecular weight excluding hydrogens is 412 g/mol. The van der Waals surface area contributed by atoms with Crippen molar-refractivity contribution < 1.29 is 14.4 Å². The van der Waals surface area contributed by atoms with Crippen molar-refractivity contribution in [3.8, 4) is 0 Å². The first-order valence-electron chi connectivity index (χ1n) is 9.73. The molecule has 1 aliphatic heterocycles. The molecule has 156 valence electrons. The summed E-state index contributed by atoms with van der Waals surface area (Å²) in [6, 6.07) is 21.2. The molecule has 7 nitrogen and oxygen atoms in total. The molecule has 0 fully saturated rings. The van der Waals surface area contributed by atoms with Crippen LogP contribution in [0.3, 0.4) is 0 Å². The van der Waals surface area contributed by atoms with Gasteiger partial charge in [0.05, 0.1) is 11.4 Å². The summed E-state index contributed by atoms with van der Waals surface area (Å²) >= 11 is 1.59. The van der Waals surface area contributed by atoms with Crippen LogP contribution in [0, 0.1) is 0 Å². The smallest absolute Gasteiger partial charge is 0.326 e. The molecular formula is C23H20N4O3S. The van der Waals surface area contributed by atoms with E-state index in [0.29, 0.717) is 17.7 Å². The summed E-state index contributed by atoms with van der Waals surface area (Å²) in [5.74, 6) is -0.570. The Morgan fingerprint density at radius 2 is 1.39 bits per heavy atom. The van der Waals surface area contributed by atoms with Crippen LogP contribution in [-0.2, 0) is 4.79 Å². The third kappa shape index (κ3) is 4.39. The number of carbonyl (C=O) groups is 3. The van der Waals surface area contributed by atoms with Gasteiger partial charge in [-0.15, -0.1) is 0 Å². The van der Waals surface area contributed by atoms with Gasteiger partial charge in [-0.2, -0.15) is 0 Å². The molecule has 4 rings (SSSR count). The number of rotatable bonds is 3. The molecule has 0 aliphatic carbocycles. The van der Waals surface area contributed by atoms with E-state index in [0.717, 1.165) is 21.2 Å². The minimum atomic E-state index is -0.472. The lowest BCUT2D eigenvalue weighted by Gasteiger charge is -2.30. The Labute approximate surface area is 183 Å². The second-order valence-corrected chi connectivity index (χ2v) is 7.82. The van der Waals surface area contributed by atoms with E-state index in [1.165, 1.54) is 0 Å². The number of hydrogen-bond acceptors (Lipinski definition) is 4. The van der Waals surface area contributed by atoms with Gasteiger partial charge in [-0.3, -0.25) is 19.9 Å². The number of para-hydroxylation sites is 2. The largest absolute Gasteiger partial charge is 0.345 e. The van der Waals surface area contributed by atoms with Gasteiger partial charge in [0.1, 0.15) is 0 Å². The van der Waals surface area contributed by atoms with E-state index in [1.807, 2.05) is 48.5 Å². The summed E-state index contributed by atoms with van der Waals surface area (Å²) in [5, 5.41) is 2.72. The fourth-order valence-corrected chi connectivity index (χ4v) is 4.17. The summed E-state index contributed by atoms with van der Waals surface area (Å²) in [6.45, 7) is 1.76. The molecule has 3 aromatic carbocycles. The summed E-state index contributed by atoms with van der Waals surface area (Å²) in [5.41, 5.74) is 7.40. The topological polar surface area (TPSA) is 90.5 Å². The van der Waals surface area contributed by atoms with Gasteiger partial charge in [0.15, 0.2) is 0 Å². The normalized spacial score (nSPS) is 11.7. The standard InChI is InChI=1S/C23H20N4O3S/c1-2-21(28)24-16-13-11-15(12-14-16)22(29)25-26-23(30)27-17-7-3-5-9-19(17)31-20-10-6-4-8-18(20)27/h3-14H,2H2,1H3,(H,24,28)(H,25,29)(H,26,30). The quantitative estimate of drug-likeness (QED) is 0.524. The van der Waals surface area contributed by atoms with Crippen molar-refractivity contribution in [1.29, 1.82) is 0 Å². The maximum atomic E-state index is 13.0. The highest BCUT2D eigenvalue weighted by Crippen LogP contribution is 2.47. The van der Waals surface area contributed by atoms with Crippen LogP contribution >= 0.6 is 11.8 Å². The molecule has 0 radical (unpaired) electrons. The van der Waals surface area contributed by atoms with E-state index in [-0.39, 0.29) is 5.91 Å². The SMILES string of the molecule is CCC(=O)Nc1ccc(C(=O)NNC(=O)N2c3ccccc3Sc3ccccc32)cc1. The number of hydrazine groups is 1. The second-order valence-electron chi connectivity index (χ2n) is 6.74. The highest BCUT2D eigenvalue weighted by Gasteiger charge is 2.28. The van der Waals surface area contributed by atoms with E-state index < -0.39 is 11.9 Å². The van der Waals surface area contributed by atoms with Gasteiger partial charge in [0.2, 0.25) is 5.91 Å². The molecule has 3 aromatic rings. The molecule has 0 saturated heterocycles. The lowest BCUT2D eigenvalue weighted by atomic mass is 10.2. The molecule has 4 amide bonds. The molecule has 1 heterocycles. The Kier molecular flexibility index (Phi) is 5.90. The van der Waals surface area contributed by atoms with Gasteiger partial charge in [-0.25, -0.2) is 10.2 Å². The maximum absolute atomic E-state index is 13.0. The number of nitrogens with one attached hydrogen (secondary N) is 3. The monoisotopic (exact) mass is 432 g/mol. The number of urea groups is 1. The molecule has 0 unspecified atom stereocenters. The zero-order valence-corrected chi connectivity index (χ0v) is 17.5. The Bertz CT molecular complexity index is 1100. The molecule has 0 bridgehead atoms. The summed E-state index contributed by atoms with van der Waals surface area (Å²) in [6.07, 6.45) is 0.371. The Morgan fingerprint density at radius 1 is 0.806 bits per heavy atom. The van der Waals surface area contributed by atoms with Crippen LogP contribution in [0.1, 0.15) is 23.7 Å². The molecule has 0 atom stereocenters. The van der Waals surface area contributed by atoms with Gasteiger partial charge in [0, 0.05) is 27.5 Å². The highest BCUT2D eigenvalue weighted by atomic mass is 32.2. The Hall–Kier alpha value is -3.78. The summed E-state index contributed by atoms with van der Waals surface area (Å²) in [7, 11) is 0. The van der Waals surface area contributed by atoms with Crippen molar-refractivity contribution in [2.24, 2.45) is 0 Å². The zero-order valence-electron chi connectivity index (χ0n) is 16.7. The van der Waals surface area contributed by atoms with E-state index >= 15 is 0 Å². The number of anilines is 3. The average molecular weight is 433 g/mol. The zero-order chi connectivity index (χ0) is 21.8. The third-order valence-corrected chi connectivity index (χ3v) is 5.80. The van der Waals surface area contributed by atoms with Crippen molar-refractivity contribution in [1.82, 2.24) is 10.9 Å². The first-order valence-corrected chi connectivity index (χ1v) is 10.5. The van der Waals surface area contributed by atoms with E-state index in [9.17, 15) is 14.4 Å². The number of nitrogens with zero attached hydrogens (tertiary/aromatic N) is 1.